The molecule has 0 bridgehead atoms. The van der Waals surface area contributed by atoms with E-state index in [1.807, 2.05) is 103 Å². The maximum atomic E-state index is 14.6. The van der Waals surface area contributed by atoms with Crippen LogP contribution in [0.15, 0.2) is 116 Å². The summed E-state index contributed by atoms with van der Waals surface area (Å²) < 4.78 is 6.07. The number of benzene rings is 4. The molecule has 0 aromatic heterocycles. The zero-order chi connectivity index (χ0) is 31.3. The van der Waals surface area contributed by atoms with Crippen molar-refractivity contribution in [2.45, 2.75) is 38.3 Å². The van der Waals surface area contributed by atoms with Gasteiger partial charge in [0.1, 0.15) is 17.5 Å². The lowest BCUT2D eigenvalue weighted by molar-refractivity contribution is -0.135. The fourth-order valence-corrected chi connectivity index (χ4v) is 6.23. The predicted molar refractivity (Wildman–Crippen MR) is 175 cm³/mol. The number of nitrogens with zero attached hydrogens (tertiary/aromatic N) is 1. The van der Waals surface area contributed by atoms with E-state index in [1.165, 1.54) is 0 Å². The van der Waals surface area contributed by atoms with Gasteiger partial charge >= 0.3 is 0 Å². The SMILES string of the molecule is C=CCC(C(N)=O)C(CC1CC1)C(=O)NC1C(=O)N(Cc2cccc(Oc3ccccc3)c2)c2ccccc2-c2ccccc21. The first kappa shape index (κ1) is 29.9. The van der Waals surface area contributed by atoms with Gasteiger partial charge in [-0.25, -0.2) is 0 Å². The van der Waals surface area contributed by atoms with Gasteiger partial charge in [0.15, 0.2) is 0 Å². The summed E-state index contributed by atoms with van der Waals surface area (Å²) >= 11 is 0. The molecule has 4 aromatic carbocycles. The van der Waals surface area contributed by atoms with Crippen molar-refractivity contribution in [2.24, 2.45) is 23.5 Å². The average Bonchev–Trinajstić information content (AvgIpc) is 3.89. The number of hydrogen-bond acceptors (Lipinski definition) is 4. The molecular weight excluding hydrogens is 562 g/mol. The van der Waals surface area contributed by atoms with Gasteiger partial charge in [-0.1, -0.05) is 91.7 Å². The number of rotatable bonds is 12. The van der Waals surface area contributed by atoms with Crippen molar-refractivity contribution in [2.75, 3.05) is 4.90 Å². The highest BCUT2D eigenvalue weighted by Gasteiger charge is 2.40. The Morgan fingerprint density at radius 2 is 1.58 bits per heavy atom. The van der Waals surface area contributed by atoms with Crippen LogP contribution in [0.1, 0.15) is 42.9 Å². The van der Waals surface area contributed by atoms with Crippen LogP contribution in [0.25, 0.3) is 11.1 Å². The van der Waals surface area contributed by atoms with E-state index in [1.54, 1.807) is 11.0 Å². The zero-order valence-corrected chi connectivity index (χ0v) is 25.1. The van der Waals surface area contributed by atoms with Crippen LogP contribution < -0.4 is 20.7 Å². The number of nitrogens with one attached hydrogen (secondary N) is 1. The third-order valence-electron chi connectivity index (χ3n) is 8.67. The smallest absolute Gasteiger partial charge is 0.254 e. The van der Waals surface area contributed by atoms with Gasteiger partial charge in [-0.15, -0.1) is 6.58 Å². The minimum Gasteiger partial charge on any atom is -0.457 e. The molecule has 4 aromatic rings. The van der Waals surface area contributed by atoms with E-state index in [2.05, 4.69) is 11.9 Å². The maximum Gasteiger partial charge on any atom is 0.254 e. The largest absolute Gasteiger partial charge is 0.457 e. The molecule has 0 radical (unpaired) electrons. The molecule has 7 nitrogen and oxygen atoms in total. The first-order chi connectivity index (χ1) is 21.9. The monoisotopic (exact) mass is 599 g/mol. The highest BCUT2D eigenvalue weighted by Crippen LogP contribution is 2.42. The van der Waals surface area contributed by atoms with Crippen LogP contribution in [-0.2, 0) is 20.9 Å². The second-order valence-corrected chi connectivity index (χ2v) is 11.9. The second kappa shape index (κ2) is 13.2. The number of carbonyl (C=O) groups is 3. The number of ether oxygens (including phenoxy) is 1. The van der Waals surface area contributed by atoms with Gasteiger partial charge in [0, 0.05) is 5.56 Å². The van der Waals surface area contributed by atoms with Crippen LogP contribution >= 0.6 is 0 Å². The molecule has 0 spiro atoms. The Morgan fingerprint density at radius 1 is 0.889 bits per heavy atom. The number of nitrogens with two attached hydrogens (primary N) is 1. The molecule has 0 saturated heterocycles. The Balaban J connectivity index is 1.36. The van der Waals surface area contributed by atoms with Crippen LogP contribution in [0, 0.1) is 17.8 Å². The highest BCUT2D eigenvalue weighted by atomic mass is 16.5. The number of allylic oxidation sites excluding steroid dienone is 1. The van der Waals surface area contributed by atoms with Gasteiger partial charge in [0.05, 0.1) is 24.1 Å². The lowest BCUT2D eigenvalue weighted by atomic mass is 9.83. The average molecular weight is 600 g/mol. The molecule has 1 fully saturated rings. The third-order valence-corrected chi connectivity index (χ3v) is 8.67. The van der Waals surface area contributed by atoms with Crippen molar-refractivity contribution in [3.63, 3.8) is 0 Å². The summed E-state index contributed by atoms with van der Waals surface area (Å²) in [6, 6.07) is 31.7. The molecule has 3 unspecified atom stereocenters. The molecule has 7 heteroatoms. The van der Waals surface area contributed by atoms with Crippen molar-refractivity contribution in [1.29, 1.82) is 0 Å². The molecule has 3 N–H and O–H groups in total. The fraction of sp³-hybridized carbons (Fsp3) is 0.237. The molecule has 3 atom stereocenters. The summed E-state index contributed by atoms with van der Waals surface area (Å²) in [7, 11) is 0. The van der Waals surface area contributed by atoms with Gasteiger partial charge in [0.2, 0.25) is 11.8 Å². The van der Waals surface area contributed by atoms with Gasteiger partial charge in [-0.2, -0.15) is 0 Å². The third kappa shape index (κ3) is 6.68. The normalized spacial score (nSPS) is 16.8. The van der Waals surface area contributed by atoms with Crippen LogP contribution in [0.2, 0.25) is 0 Å². The van der Waals surface area contributed by atoms with Crippen LogP contribution in [-0.4, -0.2) is 17.7 Å². The van der Waals surface area contributed by atoms with E-state index in [9.17, 15) is 14.4 Å². The summed E-state index contributed by atoms with van der Waals surface area (Å²) in [6.07, 6.45) is 4.51. The van der Waals surface area contributed by atoms with Crippen LogP contribution in [0.3, 0.4) is 0 Å². The standard InChI is InChI=1S/C38H37N3O4/c1-2-11-32(36(39)42)33(23-25-20-21-25)37(43)40-35-31-18-7-6-16-29(31)30-17-8-9-19-34(30)41(38(35)44)24-26-12-10-15-28(22-26)45-27-13-4-3-5-14-27/h2-10,12-19,22,25,32-33,35H,1,11,20-21,23-24H2,(H2,39,42)(H,40,43). The van der Waals surface area contributed by atoms with E-state index in [0.29, 0.717) is 30.1 Å². The lowest BCUT2D eigenvalue weighted by Crippen LogP contribution is -2.46. The molecule has 1 saturated carbocycles. The Labute approximate surface area is 263 Å². The van der Waals surface area contributed by atoms with E-state index in [-0.39, 0.29) is 18.4 Å². The number of primary amides is 1. The van der Waals surface area contributed by atoms with E-state index < -0.39 is 23.8 Å². The number of carbonyl (C=O) groups excluding carboxylic acids is 3. The van der Waals surface area contributed by atoms with Crippen molar-refractivity contribution >= 4 is 23.4 Å². The Morgan fingerprint density at radius 3 is 2.31 bits per heavy atom. The highest BCUT2D eigenvalue weighted by molar-refractivity contribution is 6.06. The minimum atomic E-state index is -0.969. The number of amides is 3. The molecule has 1 heterocycles. The molecule has 1 aliphatic heterocycles. The number of fused-ring (bicyclic) bond motifs is 3. The predicted octanol–water partition coefficient (Wildman–Crippen LogP) is 6.94. The van der Waals surface area contributed by atoms with Gasteiger partial charge in [0.25, 0.3) is 5.91 Å². The van der Waals surface area contributed by atoms with E-state index >= 15 is 0 Å². The summed E-state index contributed by atoms with van der Waals surface area (Å²) in [5, 5.41) is 3.09. The molecule has 45 heavy (non-hydrogen) atoms. The molecule has 2 aliphatic rings. The Hall–Kier alpha value is -5.17. The molecule has 228 valence electrons. The van der Waals surface area contributed by atoms with Gasteiger partial charge < -0.3 is 20.7 Å². The summed E-state index contributed by atoms with van der Waals surface area (Å²) in [5.74, 6) is -0.741. The van der Waals surface area contributed by atoms with Crippen LogP contribution in [0.5, 0.6) is 11.5 Å². The summed E-state index contributed by atoms with van der Waals surface area (Å²) in [5.41, 5.74) is 9.88. The number of para-hydroxylation sites is 2. The number of hydrogen-bond donors (Lipinski definition) is 2. The Bertz CT molecular complexity index is 1720. The second-order valence-electron chi connectivity index (χ2n) is 11.9. The zero-order valence-electron chi connectivity index (χ0n) is 25.1. The number of anilines is 1. The summed E-state index contributed by atoms with van der Waals surface area (Å²) in [6.45, 7) is 4.04. The first-order valence-corrected chi connectivity index (χ1v) is 15.4. The topological polar surface area (TPSA) is 102 Å². The van der Waals surface area contributed by atoms with Crippen molar-refractivity contribution in [3.05, 3.63) is 127 Å². The minimum absolute atomic E-state index is 0.258. The van der Waals surface area contributed by atoms with Crippen LogP contribution in [0.4, 0.5) is 5.69 Å². The van der Waals surface area contributed by atoms with E-state index in [0.717, 1.165) is 41.0 Å². The van der Waals surface area contributed by atoms with Crippen molar-refractivity contribution < 1.29 is 19.1 Å². The lowest BCUT2D eigenvalue weighted by Gasteiger charge is -2.29. The Kier molecular flexibility index (Phi) is 8.78. The first-order valence-electron chi connectivity index (χ1n) is 15.4. The van der Waals surface area contributed by atoms with Gasteiger partial charge in [-0.05, 0) is 65.8 Å². The molecule has 1 aliphatic carbocycles. The maximum absolute atomic E-state index is 14.6. The molecular formula is C38H37N3O4. The molecule has 3 amide bonds. The van der Waals surface area contributed by atoms with Gasteiger partial charge in [-0.3, -0.25) is 14.4 Å². The quantitative estimate of drug-likeness (QED) is 0.172. The van der Waals surface area contributed by atoms with E-state index in [4.69, 9.17) is 10.5 Å². The summed E-state index contributed by atoms with van der Waals surface area (Å²) in [4.78, 5) is 43.0. The molecule has 6 rings (SSSR count). The van der Waals surface area contributed by atoms with Crippen molar-refractivity contribution in [1.82, 2.24) is 5.32 Å². The van der Waals surface area contributed by atoms with Crippen molar-refractivity contribution in [3.8, 4) is 22.6 Å². The fourth-order valence-electron chi connectivity index (χ4n) is 6.23.